The van der Waals surface area contributed by atoms with E-state index in [0.717, 1.165) is 11.5 Å². The Morgan fingerprint density at radius 3 is 2.75 bits per heavy atom. The van der Waals surface area contributed by atoms with Crippen LogP contribution < -0.4 is 4.72 Å². The summed E-state index contributed by atoms with van der Waals surface area (Å²) in [5.41, 5.74) is 0.600. The Balaban J connectivity index is 1.95. The predicted octanol–water partition coefficient (Wildman–Crippen LogP) is 2.60. The summed E-state index contributed by atoms with van der Waals surface area (Å²) in [7, 11) is -3.56. The summed E-state index contributed by atoms with van der Waals surface area (Å²) in [6, 6.07) is 7.35. The van der Waals surface area contributed by atoms with Crippen LogP contribution in [0, 0.1) is 0 Å². The summed E-state index contributed by atoms with van der Waals surface area (Å²) in [4.78, 5) is 0. The molecule has 0 radical (unpaired) electrons. The average Bonchev–Trinajstić information content (AvgIpc) is 2.93. The number of hydrogen-bond donors (Lipinski definition) is 1. The van der Waals surface area contributed by atoms with Crippen molar-refractivity contribution in [1.29, 1.82) is 0 Å². The van der Waals surface area contributed by atoms with Crippen molar-refractivity contribution in [3.05, 3.63) is 47.7 Å². The Morgan fingerprint density at radius 1 is 1.30 bits per heavy atom. The van der Waals surface area contributed by atoms with Crippen LogP contribution >= 0.6 is 11.5 Å². The quantitative estimate of drug-likeness (QED) is 0.890. The minimum absolute atomic E-state index is 0.0622. The van der Waals surface area contributed by atoms with Crippen molar-refractivity contribution in [3.63, 3.8) is 0 Å². The maximum absolute atomic E-state index is 12.5. The van der Waals surface area contributed by atoms with E-state index in [2.05, 4.69) is 9.10 Å². The second-order valence-corrected chi connectivity index (χ2v) is 6.85. The standard InChI is InChI=1S/C12H12F2N2O2S2/c13-12(14)10-3-1-2-9(8-10)4-7-16-20(17,18)11-5-6-15-19-11/h1-3,5-6,8,12,16H,4,7H2. The molecule has 4 nitrogen and oxygen atoms in total. The van der Waals surface area contributed by atoms with Gasteiger partial charge in [0.2, 0.25) is 0 Å². The topological polar surface area (TPSA) is 59.1 Å². The van der Waals surface area contributed by atoms with Gasteiger partial charge in [-0.3, -0.25) is 0 Å². The van der Waals surface area contributed by atoms with Gasteiger partial charge in [0.1, 0.15) is 0 Å². The molecule has 1 N–H and O–H groups in total. The van der Waals surface area contributed by atoms with Crippen molar-refractivity contribution in [1.82, 2.24) is 9.10 Å². The largest absolute Gasteiger partial charge is 0.263 e. The minimum atomic E-state index is -3.56. The maximum atomic E-state index is 12.5. The minimum Gasteiger partial charge on any atom is -0.210 e. The average molecular weight is 318 g/mol. The van der Waals surface area contributed by atoms with Crippen LogP contribution in [0.25, 0.3) is 0 Å². The molecular weight excluding hydrogens is 306 g/mol. The summed E-state index contributed by atoms with van der Waals surface area (Å²) in [6.45, 7) is 0.146. The molecular formula is C12H12F2N2O2S2. The van der Waals surface area contributed by atoms with Gasteiger partial charge in [-0.1, -0.05) is 24.3 Å². The second kappa shape index (κ2) is 6.38. The van der Waals surface area contributed by atoms with Crippen LogP contribution in [0.5, 0.6) is 0 Å². The van der Waals surface area contributed by atoms with Crippen LogP contribution in [-0.4, -0.2) is 19.3 Å². The number of alkyl halides is 2. The zero-order valence-electron chi connectivity index (χ0n) is 10.3. The summed E-state index contributed by atoms with van der Waals surface area (Å²) >= 11 is 0.883. The van der Waals surface area contributed by atoms with Gasteiger partial charge >= 0.3 is 0 Å². The fourth-order valence-electron chi connectivity index (χ4n) is 1.63. The number of benzene rings is 1. The fourth-order valence-corrected chi connectivity index (χ4v) is 3.43. The molecule has 0 saturated carbocycles. The Kier molecular flexibility index (Phi) is 4.79. The molecule has 0 aliphatic rings. The van der Waals surface area contributed by atoms with Crippen LogP contribution in [0.1, 0.15) is 17.6 Å². The van der Waals surface area contributed by atoms with Crippen molar-refractivity contribution in [2.45, 2.75) is 17.1 Å². The third-order valence-corrected chi connectivity index (χ3v) is 5.26. The second-order valence-electron chi connectivity index (χ2n) is 4.02. The van der Waals surface area contributed by atoms with Crippen LogP contribution in [0.15, 0.2) is 40.7 Å². The molecule has 108 valence electrons. The van der Waals surface area contributed by atoms with Gasteiger partial charge in [0.05, 0.1) is 0 Å². The fraction of sp³-hybridized carbons (Fsp3) is 0.250. The molecule has 0 unspecified atom stereocenters. The van der Waals surface area contributed by atoms with Crippen molar-refractivity contribution >= 4 is 21.6 Å². The Hall–Kier alpha value is -1.38. The summed E-state index contributed by atoms with van der Waals surface area (Å²) < 4.78 is 54.9. The summed E-state index contributed by atoms with van der Waals surface area (Å²) in [6.07, 6.45) is -0.770. The Bertz CT molecular complexity index is 658. The lowest BCUT2D eigenvalue weighted by molar-refractivity contribution is 0.151. The molecule has 20 heavy (non-hydrogen) atoms. The summed E-state index contributed by atoms with van der Waals surface area (Å²) in [5, 5.41) is 0. The van der Waals surface area contributed by atoms with Gasteiger partial charge in [0.25, 0.3) is 16.4 Å². The van der Waals surface area contributed by atoms with Gasteiger partial charge in [-0.05, 0) is 29.6 Å². The number of rotatable bonds is 6. The molecule has 0 bridgehead atoms. The van der Waals surface area contributed by atoms with E-state index in [9.17, 15) is 17.2 Å². The molecule has 2 aromatic rings. The first kappa shape index (κ1) is 15.0. The number of nitrogens with zero attached hydrogens (tertiary/aromatic N) is 1. The van der Waals surface area contributed by atoms with E-state index in [1.165, 1.54) is 30.5 Å². The summed E-state index contributed by atoms with van der Waals surface area (Å²) in [5.74, 6) is 0. The number of hydrogen-bond acceptors (Lipinski definition) is 4. The number of halogens is 2. The first-order valence-corrected chi connectivity index (χ1v) is 8.02. The van der Waals surface area contributed by atoms with E-state index < -0.39 is 16.4 Å². The third-order valence-electron chi connectivity index (χ3n) is 2.59. The van der Waals surface area contributed by atoms with Gasteiger partial charge in [-0.2, -0.15) is 4.37 Å². The van der Waals surface area contributed by atoms with Gasteiger partial charge in [0.15, 0.2) is 4.21 Å². The molecule has 0 amide bonds. The lowest BCUT2D eigenvalue weighted by atomic mass is 10.1. The van der Waals surface area contributed by atoms with E-state index in [4.69, 9.17) is 0 Å². The van der Waals surface area contributed by atoms with E-state index >= 15 is 0 Å². The van der Waals surface area contributed by atoms with E-state index in [0.29, 0.717) is 12.0 Å². The molecule has 1 aromatic carbocycles. The Morgan fingerprint density at radius 2 is 2.10 bits per heavy atom. The molecule has 0 fully saturated rings. The molecule has 2 rings (SSSR count). The molecule has 1 aromatic heterocycles. The Labute approximate surface area is 119 Å². The smallest absolute Gasteiger partial charge is 0.210 e. The van der Waals surface area contributed by atoms with E-state index in [1.54, 1.807) is 6.07 Å². The third kappa shape index (κ3) is 3.81. The predicted molar refractivity (Wildman–Crippen MR) is 72.4 cm³/mol. The highest BCUT2D eigenvalue weighted by atomic mass is 32.2. The molecule has 0 saturated heterocycles. The van der Waals surface area contributed by atoms with E-state index in [-0.39, 0.29) is 16.3 Å². The molecule has 0 atom stereocenters. The molecule has 0 spiro atoms. The zero-order chi connectivity index (χ0) is 14.6. The maximum Gasteiger partial charge on any atom is 0.263 e. The lowest BCUT2D eigenvalue weighted by Gasteiger charge is -2.06. The lowest BCUT2D eigenvalue weighted by Crippen LogP contribution is -2.25. The van der Waals surface area contributed by atoms with Crippen molar-refractivity contribution < 1.29 is 17.2 Å². The number of aromatic nitrogens is 1. The zero-order valence-corrected chi connectivity index (χ0v) is 11.9. The first-order valence-electron chi connectivity index (χ1n) is 5.76. The SMILES string of the molecule is O=S(=O)(NCCc1cccc(C(F)F)c1)c1ccns1. The van der Waals surface area contributed by atoms with Crippen molar-refractivity contribution in [2.75, 3.05) is 6.54 Å². The molecule has 0 aliphatic heterocycles. The number of nitrogens with one attached hydrogen (secondary N) is 1. The van der Waals surface area contributed by atoms with Crippen LogP contribution in [0.3, 0.4) is 0 Å². The molecule has 0 aliphatic carbocycles. The highest BCUT2D eigenvalue weighted by molar-refractivity contribution is 7.91. The van der Waals surface area contributed by atoms with Gasteiger partial charge in [0, 0.05) is 18.3 Å². The highest BCUT2D eigenvalue weighted by Crippen LogP contribution is 2.19. The monoisotopic (exact) mass is 318 g/mol. The number of sulfonamides is 1. The van der Waals surface area contributed by atoms with Gasteiger partial charge in [-0.15, -0.1) is 0 Å². The van der Waals surface area contributed by atoms with Crippen LogP contribution in [-0.2, 0) is 16.4 Å². The molecule has 8 heteroatoms. The first-order chi connectivity index (χ1) is 9.49. The highest BCUT2D eigenvalue weighted by Gasteiger charge is 2.15. The normalized spacial score (nSPS) is 11.9. The van der Waals surface area contributed by atoms with E-state index in [1.807, 2.05) is 0 Å². The van der Waals surface area contributed by atoms with Gasteiger partial charge < -0.3 is 0 Å². The van der Waals surface area contributed by atoms with Crippen LogP contribution in [0.4, 0.5) is 8.78 Å². The van der Waals surface area contributed by atoms with Crippen LogP contribution in [0.2, 0.25) is 0 Å². The van der Waals surface area contributed by atoms with Crippen molar-refractivity contribution in [3.8, 4) is 0 Å². The van der Waals surface area contributed by atoms with Crippen molar-refractivity contribution in [2.24, 2.45) is 0 Å². The van der Waals surface area contributed by atoms with Gasteiger partial charge in [-0.25, -0.2) is 21.9 Å². The molecule has 1 heterocycles.